The van der Waals surface area contributed by atoms with Crippen molar-refractivity contribution in [1.82, 2.24) is 0 Å². The van der Waals surface area contributed by atoms with Gasteiger partial charge >= 0.3 is 0 Å². The van der Waals surface area contributed by atoms with Gasteiger partial charge in [-0.2, -0.15) is 4.39 Å². The summed E-state index contributed by atoms with van der Waals surface area (Å²) in [6.45, 7) is 7.31. The first kappa shape index (κ1) is 26.6. The average molecular weight is 491 g/mol. The van der Waals surface area contributed by atoms with Crippen LogP contribution in [-0.2, 0) is 9.47 Å². The van der Waals surface area contributed by atoms with Gasteiger partial charge in [-0.05, 0) is 101 Å². The molecule has 35 heavy (non-hydrogen) atoms. The lowest BCUT2D eigenvalue weighted by Crippen LogP contribution is -2.35. The minimum Gasteiger partial charge on any atom is -0.491 e. The maximum Gasteiger partial charge on any atom is 0.200 e. The molecule has 1 aliphatic heterocycles. The molecule has 1 heterocycles. The fourth-order valence-corrected chi connectivity index (χ4v) is 6.46. The van der Waals surface area contributed by atoms with Crippen molar-refractivity contribution < 1.29 is 23.0 Å². The van der Waals surface area contributed by atoms with E-state index in [1.165, 1.54) is 32.1 Å². The number of hydrogen-bond donors (Lipinski definition) is 0. The minimum absolute atomic E-state index is 0.0152. The van der Waals surface area contributed by atoms with E-state index < -0.39 is 11.6 Å². The Kier molecular flexibility index (Phi) is 10.0. The van der Waals surface area contributed by atoms with Gasteiger partial charge in [-0.25, -0.2) is 4.39 Å². The van der Waals surface area contributed by atoms with E-state index in [0.29, 0.717) is 30.8 Å². The summed E-state index contributed by atoms with van der Waals surface area (Å²) in [6.07, 6.45) is 16.7. The van der Waals surface area contributed by atoms with Crippen LogP contribution in [-0.4, -0.2) is 32.0 Å². The van der Waals surface area contributed by atoms with Crippen molar-refractivity contribution in [3.63, 3.8) is 0 Å². The van der Waals surface area contributed by atoms with Gasteiger partial charge in [0.1, 0.15) is 0 Å². The molecular formula is C30H44F2O3. The summed E-state index contributed by atoms with van der Waals surface area (Å²) < 4.78 is 46.7. The summed E-state index contributed by atoms with van der Waals surface area (Å²) >= 11 is 0. The van der Waals surface area contributed by atoms with Crippen molar-refractivity contribution in [3.05, 3.63) is 42.0 Å². The van der Waals surface area contributed by atoms with E-state index in [0.717, 1.165) is 63.4 Å². The lowest BCUT2D eigenvalue weighted by atomic mass is 9.79. The normalized spacial score (nSPS) is 31.7. The van der Waals surface area contributed by atoms with E-state index >= 15 is 0 Å². The van der Waals surface area contributed by atoms with Crippen molar-refractivity contribution in [1.29, 1.82) is 0 Å². The van der Waals surface area contributed by atoms with Gasteiger partial charge in [0.15, 0.2) is 11.6 Å². The zero-order valence-corrected chi connectivity index (χ0v) is 21.5. The monoisotopic (exact) mass is 490 g/mol. The average Bonchev–Trinajstić information content (AvgIpc) is 2.90. The minimum atomic E-state index is -0.884. The molecule has 1 saturated heterocycles. The molecule has 0 bridgehead atoms. The first-order valence-corrected chi connectivity index (χ1v) is 14.0. The Hall–Kier alpha value is -1.46. The summed E-state index contributed by atoms with van der Waals surface area (Å²) in [4.78, 5) is 0. The van der Waals surface area contributed by atoms with Crippen LogP contribution < -0.4 is 4.74 Å². The van der Waals surface area contributed by atoms with Crippen molar-refractivity contribution >= 4 is 0 Å². The van der Waals surface area contributed by atoms with Gasteiger partial charge in [0, 0.05) is 12.5 Å². The summed E-state index contributed by atoms with van der Waals surface area (Å²) in [5.74, 6) is 0.398. The summed E-state index contributed by atoms with van der Waals surface area (Å²) in [6, 6.07) is 3.20. The highest BCUT2D eigenvalue weighted by molar-refractivity contribution is 5.33. The second kappa shape index (κ2) is 13.2. The van der Waals surface area contributed by atoms with Crippen molar-refractivity contribution in [2.75, 3.05) is 19.8 Å². The summed E-state index contributed by atoms with van der Waals surface area (Å²) in [5.41, 5.74) is 0.413. The smallest absolute Gasteiger partial charge is 0.200 e. The zero-order valence-electron chi connectivity index (χ0n) is 21.5. The van der Waals surface area contributed by atoms with Crippen molar-refractivity contribution in [2.24, 2.45) is 17.8 Å². The first-order valence-electron chi connectivity index (χ1n) is 14.0. The van der Waals surface area contributed by atoms with Crippen molar-refractivity contribution in [3.8, 4) is 5.75 Å². The molecule has 3 fully saturated rings. The van der Waals surface area contributed by atoms with E-state index in [4.69, 9.17) is 14.2 Å². The van der Waals surface area contributed by atoms with Gasteiger partial charge in [-0.1, -0.05) is 25.0 Å². The van der Waals surface area contributed by atoms with E-state index in [1.807, 2.05) is 6.08 Å². The fraction of sp³-hybridized carbons (Fsp3) is 0.733. The molecule has 5 heteroatoms. The molecule has 2 atom stereocenters. The second-order valence-electron chi connectivity index (χ2n) is 11.0. The predicted molar refractivity (Wildman–Crippen MR) is 136 cm³/mol. The SMILES string of the molecule is C=CCCC1CCC(COC2CCC(C3CCC(c4ccc(OCC)c(F)c4F)CO3)CC2)CC1. The molecule has 0 N–H and O–H groups in total. The van der Waals surface area contributed by atoms with E-state index in [2.05, 4.69) is 6.58 Å². The Morgan fingerprint density at radius 1 is 0.943 bits per heavy atom. The van der Waals surface area contributed by atoms with E-state index in [-0.39, 0.29) is 17.8 Å². The zero-order chi connectivity index (χ0) is 24.6. The van der Waals surface area contributed by atoms with Gasteiger partial charge < -0.3 is 14.2 Å². The molecule has 1 aromatic carbocycles. The van der Waals surface area contributed by atoms with Crippen LogP contribution in [0.25, 0.3) is 0 Å². The number of hydrogen-bond acceptors (Lipinski definition) is 3. The highest BCUT2D eigenvalue weighted by Gasteiger charge is 2.34. The molecule has 0 aromatic heterocycles. The molecule has 196 valence electrons. The molecule has 0 radical (unpaired) electrons. The van der Waals surface area contributed by atoms with Crippen molar-refractivity contribution in [2.45, 2.75) is 102 Å². The van der Waals surface area contributed by atoms with Gasteiger partial charge in [0.2, 0.25) is 5.82 Å². The number of ether oxygens (including phenoxy) is 3. The Labute approximate surface area is 210 Å². The molecule has 2 unspecified atom stereocenters. The standard InChI is InChI=1S/C30H44F2O3/c1-3-5-6-21-7-9-22(10-8-21)19-34-25-14-11-23(12-15-25)27-17-13-24(20-35-27)26-16-18-28(33-4-2)30(32)29(26)31/h3,16,18,21-25,27H,1,4-15,17,19-20H2,2H3. The Balaban J connectivity index is 1.15. The molecule has 1 aromatic rings. The van der Waals surface area contributed by atoms with Crippen LogP contribution in [0, 0.1) is 29.4 Å². The number of rotatable bonds is 10. The Morgan fingerprint density at radius 2 is 1.69 bits per heavy atom. The highest BCUT2D eigenvalue weighted by atomic mass is 19.2. The molecule has 3 aliphatic rings. The van der Waals surface area contributed by atoms with Crippen LogP contribution in [0.3, 0.4) is 0 Å². The molecule has 0 spiro atoms. The molecule has 0 amide bonds. The third kappa shape index (κ3) is 7.07. The van der Waals surface area contributed by atoms with Crippen LogP contribution in [0.1, 0.15) is 95.5 Å². The van der Waals surface area contributed by atoms with Gasteiger partial charge in [-0.3, -0.25) is 0 Å². The topological polar surface area (TPSA) is 27.7 Å². The van der Waals surface area contributed by atoms with Gasteiger partial charge in [-0.15, -0.1) is 6.58 Å². The maximum atomic E-state index is 14.6. The summed E-state index contributed by atoms with van der Waals surface area (Å²) in [7, 11) is 0. The lowest BCUT2D eigenvalue weighted by Gasteiger charge is -2.38. The summed E-state index contributed by atoms with van der Waals surface area (Å²) in [5, 5.41) is 0. The third-order valence-electron chi connectivity index (χ3n) is 8.69. The predicted octanol–water partition coefficient (Wildman–Crippen LogP) is 7.97. The van der Waals surface area contributed by atoms with Crippen LogP contribution >= 0.6 is 0 Å². The number of benzene rings is 1. The molecule has 4 rings (SSSR count). The fourth-order valence-electron chi connectivity index (χ4n) is 6.46. The van der Waals surface area contributed by atoms with Gasteiger partial charge in [0.05, 0.1) is 25.4 Å². The second-order valence-corrected chi connectivity index (χ2v) is 11.0. The highest BCUT2D eigenvalue weighted by Crippen LogP contribution is 2.39. The largest absolute Gasteiger partial charge is 0.491 e. The van der Waals surface area contributed by atoms with Crippen LogP contribution in [0.15, 0.2) is 24.8 Å². The maximum absolute atomic E-state index is 14.6. The van der Waals surface area contributed by atoms with Crippen LogP contribution in [0.4, 0.5) is 8.78 Å². The molecule has 2 aliphatic carbocycles. The number of halogens is 2. The molecular weight excluding hydrogens is 446 g/mol. The number of allylic oxidation sites excluding steroid dienone is 1. The van der Waals surface area contributed by atoms with Crippen LogP contribution in [0.2, 0.25) is 0 Å². The Morgan fingerprint density at radius 3 is 2.34 bits per heavy atom. The van der Waals surface area contributed by atoms with Gasteiger partial charge in [0.25, 0.3) is 0 Å². The van der Waals surface area contributed by atoms with E-state index in [9.17, 15) is 8.78 Å². The molecule has 3 nitrogen and oxygen atoms in total. The van der Waals surface area contributed by atoms with E-state index in [1.54, 1.807) is 19.1 Å². The Bertz CT molecular complexity index is 789. The quantitative estimate of drug-likeness (QED) is 0.311. The third-order valence-corrected chi connectivity index (χ3v) is 8.69. The van der Waals surface area contributed by atoms with Crippen LogP contribution in [0.5, 0.6) is 5.75 Å². The lowest BCUT2D eigenvalue weighted by molar-refractivity contribution is -0.0636. The first-order chi connectivity index (χ1) is 17.1. The molecule has 2 saturated carbocycles.